The largest absolute Gasteiger partial charge is 0.479 e. The Labute approximate surface area is 83.1 Å². The van der Waals surface area contributed by atoms with Gasteiger partial charge >= 0.3 is 5.97 Å². The van der Waals surface area contributed by atoms with E-state index in [0.717, 1.165) is 6.42 Å². The van der Waals surface area contributed by atoms with Gasteiger partial charge in [0, 0.05) is 6.42 Å². The quantitative estimate of drug-likeness (QED) is 0.566. The first kappa shape index (κ1) is 12.9. The van der Waals surface area contributed by atoms with Crippen LogP contribution in [-0.4, -0.2) is 34.7 Å². The summed E-state index contributed by atoms with van der Waals surface area (Å²) in [5, 5.41) is 19.5. The number of rotatable bonds is 6. The molecule has 0 radical (unpaired) electrons. The third-order valence-corrected chi connectivity index (χ3v) is 2.01. The molecule has 0 saturated carbocycles. The second-order valence-electron chi connectivity index (χ2n) is 3.38. The molecule has 0 heterocycles. The van der Waals surface area contributed by atoms with Crippen molar-refractivity contribution >= 4 is 11.9 Å². The fourth-order valence-corrected chi connectivity index (χ4v) is 0.831. The van der Waals surface area contributed by atoms with Gasteiger partial charge in [0.2, 0.25) is 5.91 Å². The molecular formula is C9H17NO4. The van der Waals surface area contributed by atoms with Gasteiger partial charge < -0.3 is 15.5 Å². The van der Waals surface area contributed by atoms with Crippen LogP contribution in [0, 0.1) is 5.92 Å². The number of aliphatic hydroxyl groups is 1. The van der Waals surface area contributed by atoms with Crippen LogP contribution in [0.3, 0.4) is 0 Å². The number of carboxylic acid groups (broad SMARTS) is 1. The molecular weight excluding hydrogens is 186 g/mol. The molecule has 0 aromatic heterocycles. The number of carbonyl (C=O) groups is 2. The second kappa shape index (κ2) is 6.37. The molecule has 0 bridgehead atoms. The van der Waals surface area contributed by atoms with Crippen molar-refractivity contribution in [3.63, 3.8) is 0 Å². The van der Waals surface area contributed by atoms with Crippen LogP contribution in [0.2, 0.25) is 0 Å². The van der Waals surface area contributed by atoms with E-state index in [-0.39, 0.29) is 18.4 Å². The zero-order valence-corrected chi connectivity index (χ0v) is 8.49. The summed E-state index contributed by atoms with van der Waals surface area (Å²) in [4.78, 5) is 21.3. The highest BCUT2D eigenvalue weighted by atomic mass is 16.4. The van der Waals surface area contributed by atoms with Crippen LogP contribution in [0.4, 0.5) is 0 Å². The van der Waals surface area contributed by atoms with Crippen molar-refractivity contribution in [2.24, 2.45) is 5.92 Å². The van der Waals surface area contributed by atoms with E-state index in [9.17, 15) is 9.59 Å². The Kier molecular flexibility index (Phi) is 5.87. The molecule has 0 aliphatic rings. The number of amides is 1. The van der Waals surface area contributed by atoms with Crippen molar-refractivity contribution in [2.75, 3.05) is 6.54 Å². The van der Waals surface area contributed by atoms with Gasteiger partial charge in [-0.2, -0.15) is 0 Å². The summed E-state index contributed by atoms with van der Waals surface area (Å²) in [6, 6.07) is 0. The average Bonchev–Trinajstić information content (AvgIpc) is 2.13. The van der Waals surface area contributed by atoms with E-state index in [0.29, 0.717) is 6.42 Å². The van der Waals surface area contributed by atoms with Gasteiger partial charge in [-0.3, -0.25) is 4.79 Å². The maximum Gasteiger partial charge on any atom is 0.334 e. The number of carboxylic acids is 1. The minimum atomic E-state index is -1.52. The van der Waals surface area contributed by atoms with Gasteiger partial charge in [-0.05, 0) is 5.92 Å². The number of aliphatic carboxylic acids is 1. The Hall–Kier alpha value is -1.10. The fraction of sp³-hybridized carbons (Fsp3) is 0.778. The van der Waals surface area contributed by atoms with Crippen LogP contribution in [0.5, 0.6) is 0 Å². The van der Waals surface area contributed by atoms with Crippen LogP contribution < -0.4 is 5.32 Å². The van der Waals surface area contributed by atoms with Crippen molar-refractivity contribution in [1.82, 2.24) is 5.32 Å². The predicted octanol–water partition coefficient (Wildman–Crippen LogP) is -0.0157. The van der Waals surface area contributed by atoms with Crippen molar-refractivity contribution in [2.45, 2.75) is 32.8 Å². The summed E-state index contributed by atoms with van der Waals surface area (Å²) < 4.78 is 0. The van der Waals surface area contributed by atoms with E-state index < -0.39 is 12.1 Å². The van der Waals surface area contributed by atoms with Crippen molar-refractivity contribution in [3.8, 4) is 0 Å². The van der Waals surface area contributed by atoms with Gasteiger partial charge in [-0.15, -0.1) is 0 Å². The van der Waals surface area contributed by atoms with Gasteiger partial charge in [0.1, 0.15) is 0 Å². The molecule has 5 heteroatoms. The van der Waals surface area contributed by atoms with Crippen LogP contribution in [-0.2, 0) is 9.59 Å². The maximum atomic E-state index is 11.1. The lowest BCUT2D eigenvalue weighted by molar-refractivity contribution is -0.146. The van der Waals surface area contributed by atoms with Gasteiger partial charge in [0.25, 0.3) is 0 Å². The Morgan fingerprint density at radius 3 is 2.43 bits per heavy atom. The number of hydrogen-bond acceptors (Lipinski definition) is 3. The van der Waals surface area contributed by atoms with Gasteiger partial charge in [0.15, 0.2) is 6.10 Å². The maximum absolute atomic E-state index is 11.1. The van der Waals surface area contributed by atoms with Crippen molar-refractivity contribution in [3.05, 3.63) is 0 Å². The lowest BCUT2D eigenvalue weighted by Gasteiger charge is -2.10. The summed E-state index contributed by atoms with van der Waals surface area (Å²) in [6.45, 7) is 3.68. The molecule has 82 valence electrons. The van der Waals surface area contributed by atoms with Gasteiger partial charge in [0.05, 0.1) is 6.54 Å². The Morgan fingerprint density at radius 1 is 1.43 bits per heavy atom. The first-order valence-electron chi connectivity index (χ1n) is 4.65. The Bertz CT molecular complexity index is 205. The second-order valence-corrected chi connectivity index (χ2v) is 3.38. The SMILES string of the molecule is CCC(C)CC(=O)NCC(O)C(=O)O. The molecule has 0 saturated heterocycles. The lowest BCUT2D eigenvalue weighted by Crippen LogP contribution is -2.36. The minimum absolute atomic E-state index is 0.223. The number of carbonyl (C=O) groups excluding carboxylic acids is 1. The van der Waals surface area contributed by atoms with Crippen LogP contribution in [0.25, 0.3) is 0 Å². The summed E-state index contributed by atoms with van der Waals surface area (Å²) in [7, 11) is 0. The molecule has 0 aromatic carbocycles. The molecule has 2 atom stereocenters. The molecule has 0 fully saturated rings. The van der Waals surface area contributed by atoms with Crippen LogP contribution in [0.15, 0.2) is 0 Å². The van der Waals surface area contributed by atoms with Crippen molar-refractivity contribution in [1.29, 1.82) is 0 Å². The summed E-state index contributed by atoms with van der Waals surface area (Å²) in [5.74, 6) is -1.27. The van der Waals surface area contributed by atoms with E-state index in [1.54, 1.807) is 0 Å². The average molecular weight is 203 g/mol. The predicted molar refractivity (Wildman–Crippen MR) is 50.7 cm³/mol. The molecule has 0 aliphatic carbocycles. The van der Waals surface area contributed by atoms with Crippen molar-refractivity contribution < 1.29 is 19.8 Å². The lowest BCUT2D eigenvalue weighted by atomic mass is 10.1. The normalized spacial score (nSPS) is 14.5. The zero-order chi connectivity index (χ0) is 11.1. The zero-order valence-electron chi connectivity index (χ0n) is 8.49. The number of hydrogen-bond donors (Lipinski definition) is 3. The van der Waals surface area contributed by atoms with E-state index in [1.165, 1.54) is 0 Å². The van der Waals surface area contributed by atoms with Gasteiger partial charge in [-0.25, -0.2) is 4.79 Å². The monoisotopic (exact) mass is 203 g/mol. The molecule has 0 aliphatic heterocycles. The molecule has 14 heavy (non-hydrogen) atoms. The van der Waals surface area contributed by atoms with E-state index in [2.05, 4.69) is 5.32 Å². The number of nitrogens with one attached hydrogen (secondary N) is 1. The minimum Gasteiger partial charge on any atom is -0.479 e. The Balaban J connectivity index is 3.69. The highest BCUT2D eigenvalue weighted by molar-refractivity contribution is 5.78. The summed E-state index contributed by atoms with van der Waals surface area (Å²) >= 11 is 0. The molecule has 5 nitrogen and oxygen atoms in total. The smallest absolute Gasteiger partial charge is 0.334 e. The Morgan fingerprint density at radius 2 is 2.00 bits per heavy atom. The van der Waals surface area contributed by atoms with E-state index in [4.69, 9.17) is 10.2 Å². The first-order chi connectivity index (χ1) is 6.47. The first-order valence-corrected chi connectivity index (χ1v) is 4.65. The van der Waals surface area contributed by atoms with E-state index in [1.807, 2.05) is 13.8 Å². The summed E-state index contributed by atoms with van der Waals surface area (Å²) in [6.07, 6.45) is -0.256. The van der Waals surface area contributed by atoms with Crippen LogP contribution in [0.1, 0.15) is 26.7 Å². The molecule has 0 rings (SSSR count). The summed E-state index contributed by atoms with van der Waals surface area (Å²) in [5.41, 5.74) is 0. The molecule has 1 amide bonds. The molecule has 0 aromatic rings. The highest BCUT2D eigenvalue weighted by Gasteiger charge is 2.14. The highest BCUT2D eigenvalue weighted by Crippen LogP contribution is 2.05. The molecule has 3 N–H and O–H groups in total. The topological polar surface area (TPSA) is 86.6 Å². The molecule has 0 spiro atoms. The van der Waals surface area contributed by atoms with Crippen LogP contribution >= 0.6 is 0 Å². The third-order valence-electron chi connectivity index (χ3n) is 2.01. The standard InChI is InChI=1S/C9H17NO4/c1-3-6(2)4-8(12)10-5-7(11)9(13)14/h6-7,11H,3-5H2,1-2H3,(H,10,12)(H,13,14). The molecule has 2 unspecified atom stereocenters. The number of aliphatic hydroxyl groups excluding tert-OH is 1. The third kappa shape index (κ3) is 5.53. The van der Waals surface area contributed by atoms with E-state index >= 15 is 0 Å². The fourth-order valence-electron chi connectivity index (χ4n) is 0.831. The van der Waals surface area contributed by atoms with Gasteiger partial charge in [-0.1, -0.05) is 20.3 Å².